The van der Waals surface area contributed by atoms with Crippen molar-refractivity contribution < 1.29 is 4.79 Å². The maximum Gasteiger partial charge on any atom is 0.227 e. The highest BCUT2D eigenvalue weighted by atomic mass is 16.1. The maximum absolute atomic E-state index is 12.7. The number of nitrogens with one attached hydrogen (secondary N) is 1. The first-order chi connectivity index (χ1) is 16.4. The van der Waals surface area contributed by atoms with Crippen molar-refractivity contribution in [2.45, 2.75) is 40.5 Å². The van der Waals surface area contributed by atoms with E-state index in [4.69, 9.17) is 5.10 Å². The molecule has 6 heteroatoms. The van der Waals surface area contributed by atoms with Crippen LogP contribution in [0.4, 0.5) is 5.69 Å². The Bertz CT molecular complexity index is 1100. The zero-order valence-electron chi connectivity index (χ0n) is 20.9. The van der Waals surface area contributed by atoms with E-state index < -0.39 is 0 Å². The topological polar surface area (TPSA) is 53.4 Å². The number of hydrogen-bond donors (Lipinski definition) is 1. The average molecular weight is 460 g/mol. The molecule has 1 fully saturated rings. The van der Waals surface area contributed by atoms with Gasteiger partial charge in [-0.1, -0.05) is 44.2 Å². The second kappa shape index (κ2) is 10.9. The average Bonchev–Trinajstić information content (AvgIpc) is 3.21. The molecule has 2 heterocycles. The van der Waals surface area contributed by atoms with Crippen LogP contribution in [-0.4, -0.2) is 53.4 Å². The number of carbonyl (C=O) groups excluding carboxylic acids is 1. The zero-order valence-corrected chi connectivity index (χ0v) is 20.9. The minimum Gasteiger partial charge on any atom is -0.369 e. The highest BCUT2D eigenvalue weighted by Gasteiger charge is 2.20. The van der Waals surface area contributed by atoms with Gasteiger partial charge in [0.2, 0.25) is 5.91 Å². The lowest BCUT2D eigenvalue weighted by molar-refractivity contribution is -0.121. The van der Waals surface area contributed by atoms with Crippen LogP contribution in [0.1, 0.15) is 36.4 Å². The maximum atomic E-state index is 12.7. The number of amides is 1. The third-order valence-corrected chi connectivity index (χ3v) is 6.58. The van der Waals surface area contributed by atoms with Crippen LogP contribution in [-0.2, 0) is 17.6 Å². The van der Waals surface area contributed by atoms with E-state index in [1.807, 2.05) is 22.9 Å². The first-order valence-corrected chi connectivity index (χ1v) is 12.3. The Morgan fingerprint density at radius 2 is 1.74 bits per heavy atom. The summed E-state index contributed by atoms with van der Waals surface area (Å²) in [6.45, 7) is 13.2. The Labute approximate surface area is 203 Å². The van der Waals surface area contributed by atoms with Crippen molar-refractivity contribution in [1.29, 1.82) is 0 Å². The molecule has 1 aliphatic rings. The third kappa shape index (κ3) is 5.86. The van der Waals surface area contributed by atoms with Crippen LogP contribution in [0.5, 0.6) is 0 Å². The molecule has 1 aliphatic heterocycles. The van der Waals surface area contributed by atoms with Gasteiger partial charge in [0.05, 0.1) is 24.5 Å². The minimum atomic E-state index is 0.0192. The second-order valence-electron chi connectivity index (χ2n) is 9.73. The highest BCUT2D eigenvalue weighted by molar-refractivity contribution is 5.78. The molecule has 4 rings (SSSR count). The summed E-state index contributed by atoms with van der Waals surface area (Å²) < 4.78 is 1.98. The molecule has 2 aromatic carbocycles. The van der Waals surface area contributed by atoms with Gasteiger partial charge in [0.15, 0.2) is 0 Å². The molecule has 0 saturated carbocycles. The Kier molecular flexibility index (Phi) is 7.68. The van der Waals surface area contributed by atoms with Gasteiger partial charge in [0.25, 0.3) is 0 Å². The molecule has 0 atom stereocenters. The summed E-state index contributed by atoms with van der Waals surface area (Å²) in [5, 5.41) is 7.87. The summed E-state index contributed by atoms with van der Waals surface area (Å²) in [6, 6.07) is 18.7. The van der Waals surface area contributed by atoms with Gasteiger partial charge in [-0.15, -0.1) is 0 Å². The SMILES string of the molecule is Cc1cccc(N2CCN(CNC(=O)Cc3cc(CC(C)C)n(-c4ccccc4)n3)CC2)c1C. The second-order valence-corrected chi connectivity index (χ2v) is 9.73. The lowest BCUT2D eigenvalue weighted by Gasteiger charge is -2.37. The summed E-state index contributed by atoms with van der Waals surface area (Å²) in [6.07, 6.45) is 1.22. The van der Waals surface area contributed by atoms with Gasteiger partial charge < -0.3 is 10.2 Å². The number of piperazine rings is 1. The molecule has 0 spiro atoms. The number of nitrogens with zero attached hydrogens (tertiary/aromatic N) is 4. The van der Waals surface area contributed by atoms with Gasteiger partial charge in [0.1, 0.15) is 0 Å². The van der Waals surface area contributed by atoms with Gasteiger partial charge >= 0.3 is 0 Å². The van der Waals surface area contributed by atoms with E-state index >= 15 is 0 Å². The number of hydrogen-bond acceptors (Lipinski definition) is 4. The lowest BCUT2D eigenvalue weighted by Crippen LogP contribution is -2.50. The first kappa shape index (κ1) is 24.0. The summed E-state index contributed by atoms with van der Waals surface area (Å²) in [5.41, 5.74) is 7.01. The number of aryl methyl sites for hydroxylation is 1. The summed E-state index contributed by atoms with van der Waals surface area (Å²) in [4.78, 5) is 17.5. The van der Waals surface area contributed by atoms with E-state index in [-0.39, 0.29) is 5.91 Å². The fourth-order valence-electron chi connectivity index (χ4n) is 4.57. The molecule has 34 heavy (non-hydrogen) atoms. The standard InChI is InChI=1S/C28H37N5O/c1-21(2)17-26-18-24(30-33(26)25-10-6-5-7-11-25)19-28(34)29-20-31-13-15-32(16-14-31)27-12-8-9-22(3)23(27)4/h5-12,18,21H,13-17,19-20H2,1-4H3,(H,29,34). The van der Waals surface area contributed by atoms with Gasteiger partial charge in [-0.05, 0) is 61.6 Å². The summed E-state index contributed by atoms with van der Waals surface area (Å²) >= 11 is 0. The molecule has 6 nitrogen and oxygen atoms in total. The Balaban J connectivity index is 1.31. The largest absolute Gasteiger partial charge is 0.369 e. The van der Waals surface area contributed by atoms with Crippen LogP contribution in [0.15, 0.2) is 54.6 Å². The van der Waals surface area contributed by atoms with Crippen molar-refractivity contribution in [3.05, 3.63) is 77.1 Å². The van der Waals surface area contributed by atoms with Gasteiger partial charge in [-0.2, -0.15) is 5.10 Å². The lowest BCUT2D eigenvalue weighted by atomic mass is 10.1. The predicted molar refractivity (Wildman–Crippen MR) is 139 cm³/mol. The number of benzene rings is 2. The highest BCUT2D eigenvalue weighted by Crippen LogP contribution is 2.23. The van der Waals surface area contributed by atoms with E-state index in [1.165, 1.54) is 16.8 Å². The Morgan fingerprint density at radius 1 is 1.00 bits per heavy atom. The van der Waals surface area contributed by atoms with Gasteiger partial charge in [-0.25, -0.2) is 4.68 Å². The smallest absolute Gasteiger partial charge is 0.227 e. The monoisotopic (exact) mass is 459 g/mol. The molecular formula is C28H37N5O. The molecule has 0 radical (unpaired) electrons. The number of para-hydroxylation sites is 1. The van der Waals surface area contributed by atoms with Crippen LogP contribution in [0.2, 0.25) is 0 Å². The van der Waals surface area contributed by atoms with Crippen LogP contribution in [0.3, 0.4) is 0 Å². The molecule has 0 unspecified atom stereocenters. The van der Waals surface area contributed by atoms with E-state index in [1.54, 1.807) is 0 Å². The minimum absolute atomic E-state index is 0.0192. The van der Waals surface area contributed by atoms with E-state index in [9.17, 15) is 4.79 Å². The summed E-state index contributed by atoms with van der Waals surface area (Å²) in [5.74, 6) is 0.536. The molecule has 0 bridgehead atoms. The number of carbonyl (C=O) groups is 1. The number of aromatic nitrogens is 2. The molecule has 1 amide bonds. The van der Waals surface area contributed by atoms with Crippen molar-refractivity contribution in [2.75, 3.05) is 37.7 Å². The van der Waals surface area contributed by atoms with Crippen molar-refractivity contribution >= 4 is 11.6 Å². The molecule has 0 aliphatic carbocycles. The molecular weight excluding hydrogens is 422 g/mol. The third-order valence-electron chi connectivity index (χ3n) is 6.58. The number of anilines is 1. The van der Waals surface area contributed by atoms with Gasteiger partial charge in [0, 0.05) is 37.6 Å². The van der Waals surface area contributed by atoms with Crippen molar-refractivity contribution in [3.8, 4) is 5.69 Å². The molecule has 1 aromatic heterocycles. The first-order valence-electron chi connectivity index (χ1n) is 12.3. The summed E-state index contributed by atoms with van der Waals surface area (Å²) in [7, 11) is 0. The molecule has 1 saturated heterocycles. The van der Waals surface area contributed by atoms with Crippen molar-refractivity contribution in [1.82, 2.24) is 20.0 Å². The number of rotatable bonds is 8. The fraction of sp³-hybridized carbons (Fsp3) is 0.429. The predicted octanol–water partition coefficient (Wildman–Crippen LogP) is 4.13. The quantitative estimate of drug-likeness (QED) is 0.550. The van der Waals surface area contributed by atoms with E-state index in [2.05, 4.69) is 79.2 Å². The van der Waals surface area contributed by atoms with Crippen LogP contribution in [0, 0.1) is 19.8 Å². The van der Waals surface area contributed by atoms with Crippen LogP contribution < -0.4 is 10.2 Å². The van der Waals surface area contributed by atoms with Gasteiger partial charge in [-0.3, -0.25) is 9.69 Å². The van der Waals surface area contributed by atoms with Crippen molar-refractivity contribution in [3.63, 3.8) is 0 Å². The van der Waals surface area contributed by atoms with E-state index in [0.717, 1.165) is 49.7 Å². The normalized spacial score (nSPS) is 14.6. The zero-order chi connectivity index (χ0) is 24.1. The molecule has 3 aromatic rings. The van der Waals surface area contributed by atoms with Crippen LogP contribution in [0.25, 0.3) is 5.69 Å². The van der Waals surface area contributed by atoms with Crippen LogP contribution >= 0.6 is 0 Å². The Hall–Kier alpha value is -3.12. The van der Waals surface area contributed by atoms with Crippen molar-refractivity contribution in [2.24, 2.45) is 5.92 Å². The Morgan fingerprint density at radius 3 is 2.44 bits per heavy atom. The fourth-order valence-corrected chi connectivity index (χ4v) is 4.57. The molecule has 180 valence electrons. The van der Waals surface area contributed by atoms with E-state index in [0.29, 0.717) is 19.0 Å². The molecule has 1 N–H and O–H groups in total.